The Morgan fingerprint density at radius 2 is 1.74 bits per heavy atom. The van der Waals surface area contributed by atoms with Crippen molar-refractivity contribution in [3.63, 3.8) is 0 Å². The minimum Gasteiger partial charge on any atom is -0.480 e. The molecule has 0 spiro atoms. The molecule has 0 radical (unpaired) electrons. The molecule has 0 bridgehead atoms. The van der Waals surface area contributed by atoms with Crippen LogP contribution in [0.4, 0.5) is 5.69 Å². The SMILES string of the molecule is CC(C)(C)C(=O)S[C@H](Cc1ccccc1)C(=O)N[C@H]1CCc2ccccc2N(CC(=O)O)C1=O. The highest BCUT2D eigenvalue weighted by Crippen LogP contribution is 2.30. The van der Waals surface area contributed by atoms with Crippen molar-refractivity contribution >= 4 is 40.3 Å². The number of para-hydroxylation sites is 1. The molecule has 2 aromatic rings. The van der Waals surface area contributed by atoms with E-state index in [-0.39, 0.29) is 5.12 Å². The number of hydrogen-bond acceptors (Lipinski definition) is 5. The standard InChI is InChI=1S/C26H30N2O5S/c1-26(2,3)25(33)34-21(15-17-9-5-4-6-10-17)23(31)27-19-14-13-18-11-7-8-12-20(18)28(24(19)32)16-22(29)30/h4-12,19,21H,13-16H2,1-3H3,(H,27,31)(H,29,30)/t19-,21+/m0/s1. The third-order valence-electron chi connectivity index (χ3n) is 5.58. The number of nitrogens with one attached hydrogen (secondary N) is 1. The average molecular weight is 483 g/mol. The van der Waals surface area contributed by atoms with Gasteiger partial charge in [-0.05, 0) is 36.5 Å². The van der Waals surface area contributed by atoms with Crippen molar-refractivity contribution in [1.29, 1.82) is 0 Å². The molecular weight excluding hydrogens is 452 g/mol. The van der Waals surface area contributed by atoms with Crippen LogP contribution in [0.5, 0.6) is 0 Å². The van der Waals surface area contributed by atoms with E-state index < -0.39 is 41.0 Å². The fourth-order valence-corrected chi connectivity index (χ4v) is 4.80. The van der Waals surface area contributed by atoms with Crippen LogP contribution in [0.2, 0.25) is 0 Å². The van der Waals surface area contributed by atoms with Crippen LogP contribution in [-0.4, -0.2) is 45.8 Å². The van der Waals surface area contributed by atoms with E-state index in [2.05, 4.69) is 5.32 Å². The van der Waals surface area contributed by atoms with Crippen molar-refractivity contribution in [3.8, 4) is 0 Å². The van der Waals surface area contributed by atoms with Crippen molar-refractivity contribution in [3.05, 3.63) is 65.7 Å². The number of anilines is 1. The molecule has 3 rings (SSSR count). The van der Waals surface area contributed by atoms with Gasteiger partial charge in [-0.15, -0.1) is 0 Å². The number of carboxylic acid groups (broad SMARTS) is 1. The van der Waals surface area contributed by atoms with Crippen molar-refractivity contribution < 1.29 is 24.3 Å². The Morgan fingerprint density at radius 3 is 2.38 bits per heavy atom. The number of aryl methyl sites for hydroxylation is 1. The molecule has 0 saturated carbocycles. The Hall–Kier alpha value is -3.13. The summed E-state index contributed by atoms with van der Waals surface area (Å²) in [6, 6.07) is 15.7. The summed E-state index contributed by atoms with van der Waals surface area (Å²) >= 11 is 0.978. The zero-order valence-electron chi connectivity index (χ0n) is 19.6. The Morgan fingerprint density at radius 1 is 1.09 bits per heavy atom. The zero-order chi connectivity index (χ0) is 24.9. The van der Waals surface area contributed by atoms with Gasteiger partial charge in [0.2, 0.25) is 11.8 Å². The number of carbonyl (C=O) groups is 4. The fourth-order valence-electron chi connectivity index (χ4n) is 3.73. The lowest BCUT2D eigenvalue weighted by atomic mass is 9.99. The molecule has 2 amide bonds. The number of aliphatic carboxylic acids is 1. The molecule has 0 saturated heterocycles. The first-order chi connectivity index (χ1) is 16.1. The van der Waals surface area contributed by atoms with E-state index >= 15 is 0 Å². The molecule has 2 N–H and O–H groups in total. The highest BCUT2D eigenvalue weighted by Gasteiger charge is 2.35. The van der Waals surface area contributed by atoms with Gasteiger partial charge in [0, 0.05) is 11.1 Å². The van der Waals surface area contributed by atoms with E-state index in [1.54, 1.807) is 32.9 Å². The molecular formula is C26H30N2O5S. The van der Waals surface area contributed by atoms with E-state index in [0.717, 1.165) is 22.9 Å². The van der Waals surface area contributed by atoms with Crippen molar-refractivity contribution in [1.82, 2.24) is 5.32 Å². The van der Waals surface area contributed by atoms with Gasteiger partial charge in [0.1, 0.15) is 12.6 Å². The summed E-state index contributed by atoms with van der Waals surface area (Å²) in [7, 11) is 0. The molecule has 2 aromatic carbocycles. The summed E-state index contributed by atoms with van der Waals surface area (Å²) in [5.41, 5.74) is 1.68. The number of rotatable bonds is 7. The number of hydrogen-bond donors (Lipinski definition) is 2. The lowest BCUT2D eigenvalue weighted by molar-refractivity contribution is -0.137. The van der Waals surface area contributed by atoms with Gasteiger partial charge in [-0.1, -0.05) is 81.1 Å². The van der Waals surface area contributed by atoms with Gasteiger partial charge in [0.15, 0.2) is 5.12 Å². The maximum atomic E-state index is 13.4. The number of amides is 2. The van der Waals surface area contributed by atoms with Gasteiger partial charge in [-0.3, -0.25) is 24.1 Å². The molecule has 0 aromatic heterocycles. The molecule has 0 fully saturated rings. The van der Waals surface area contributed by atoms with Crippen LogP contribution in [-0.2, 0) is 32.0 Å². The normalized spacial score (nSPS) is 16.9. The van der Waals surface area contributed by atoms with E-state index in [9.17, 15) is 24.3 Å². The van der Waals surface area contributed by atoms with E-state index in [1.807, 2.05) is 42.5 Å². The van der Waals surface area contributed by atoms with Crippen LogP contribution in [0.15, 0.2) is 54.6 Å². The van der Waals surface area contributed by atoms with Gasteiger partial charge in [-0.25, -0.2) is 0 Å². The second-order valence-electron chi connectivity index (χ2n) is 9.38. The monoisotopic (exact) mass is 482 g/mol. The molecule has 1 aliphatic rings. The molecule has 2 atom stereocenters. The van der Waals surface area contributed by atoms with Crippen LogP contribution in [0.3, 0.4) is 0 Å². The van der Waals surface area contributed by atoms with Crippen LogP contribution >= 0.6 is 11.8 Å². The lowest BCUT2D eigenvalue weighted by Gasteiger charge is -2.26. The first kappa shape index (κ1) is 25.5. The molecule has 180 valence electrons. The minimum absolute atomic E-state index is 0.115. The second kappa shape index (κ2) is 10.9. The first-order valence-corrected chi connectivity index (χ1v) is 12.1. The largest absolute Gasteiger partial charge is 0.480 e. The Bertz CT molecular complexity index is 1060. The van der Waals surface area contributed by atoms with Crippen molar-refractivity contribution in [2.45, 2.75) is 51.3 Å². The average Bonchev–Trinajstić information content (AvgIpc) is 2.90. The van der Waals surface area contributed by atoms with Crippen molar-refractivity contribution in [2.75, 3.05) is 11.4 Å². The predicted molar refractivity (Wildman–Crippen MR) is 133 cm³/mol. The summed E-state index contributed by atoms with van der Waals surface area (Å²) in [6.45, 7) is 4.91. The molecule has 8 heteroatoms. The Labute approximate surface area is 203 Å². The molecule has 7 nitrogen and oxygen atoms in total. The van der Waals surface area contributed by atoms with E-state index in [1.165, 1.54) is 4.90 Å². The Kier molecular flexibility index (Phi) is 8.15. The summed E-state index contributed by atoms with van der Waals surface area (Å²) in [5, 5.41) is 11.4. The zero-order valence-corrected chi connectivity index (χ0v) is 20.4. The highest BCUT2D eigenvalue weighted by atomic mass is 32.2. The maximum Gasteiger partial charge on any atom is 0.323 e. The molecule has 1 heterocycles. The predicted octanol–water partition coefficient (Wildman–Crippen LogP) is 3.45. The van der Waals surface area contributed by atoms with Crippen molar-refractivity contribution in [2.24, 2.45) is 5.41 Å². The third-order valence-corrected chi connectivity index (χ3v) is 7.07. The lowest BCUT2D eigenvalue weighted by Crippen LogP contribution is -2.51. The van der Waals surface area contributed by atoms with Gasteiger partial charge in [0.25, 0.3) is 0 Å². The van der Waals surface area contributed by atoms with Crippen LogP contribution < -0.4 is 10.2 Å². The number of carbonyl (C=O) groups excluding carboxylic acids is 3. The minimum atomic E-state index is -1.14. The third kappa shape index (κ3) is 6.47. The summed E-state index contributed by atoms with van der Waals surface area (Å²) < 4.78 is 0. The van der Waals surface area contributed by atoms with Gasteiger partial charge in [-0.2, -0.15) is 0 Å². The number of thioether (sulfide) groups is 1. The molecule has 34 heavy (non-hydrogen) atoms. The van der Waals surface area contributed by atoms with Gasteiger partial charge >= 0.3 is 5.97 Å². The number of carboxylic acids is 1. The Balaban J connectivity index is 1.83. The number of fused-ring (bicyclic) bond motifs is 1. The summed E-state index contributed by atoms with van der Waals surface area (Å²) in [4.78, 5) is 52.1. The van der Waals surface area contributed by atoms with E-state index in [4.69, 9.17) is 0 Å². The topological polar surface area (TPSA) is 104 Å². The fraction of sp³-hybridized carbons (Fsp3) is 0.385. The van der Waals surface area contributed by atoms with Crippen LogP contribution in [0, 0.1) is 5.41 Å². The van der Waals surface area contributed by atoms with E-state index in [0.29, 0.717) is 24.9 Å². The smallest absolute Gasteiger partial charge is 0.323 e. The highest BCUT2D eigenvalue weighted by molar-refractivity contribution is 8.14. The van der Waals surface area contributed by atoms with Crippen LogP contribution in [0.25, 0.3) is 0 Å². The van der Waals surface area contributed by atoms with Gasteiger partial charge in [0.05, 0.1) is 5.25 Å². The molecule has 0 unspecified atom stereocenters. The molecule has 1 aliphatic heterocycles. The number of nitrogens with zero attached hydrogens (tertiary/aromatic N) is 1. The summed E-state index contributed by atoms with van der Waals surface area (Å²) in [6.07, 6.45) is 1.19. The first-order valence-electron chi connectivity index (χ1n) is 11.2. The number of benzene rings is 2. The second-order valence-corrected chi connectivity index (χ2v) is 10.6. The quantitative estimate of drug-likeness (QED) is 0.627. The van der Waals surface area contributed by atoms with Gasteiger partial charge < -0.3 is 10.4 Å². The molecule has 0 aliphatic carbocycles. The van der Waals surface area contributed by atoms with Crippen LogP contribution in [0.1, 0.15) is 38.3 Å². The summed E-state index contributed by atoms with van der Waals surface area (Å²) in [5.74, 6) is -2.01. The maximum absolute atomic E-state index is 13.4.